The van der Waals surface area contributed by atoms with Crippen molar-refractivity contribution in [2.45, 2.75) is 12.5 Å². The molecule has 132 valence electrons. The molecule has 1 aromatic heterocycles. The molecule has 26 heavy (non-hydrogen) atoms. The predicted molar refractivity (Wildman–Crippen MR) is 96.0 cm³/mol. The molecule has 0 spiro atoms. The van der Waals surface area contributed by atoms with E-state index in [1.54, 1.807) is 28.8 Å². The van der Waals surface area contributed by atoms with Crippen molar-refractivity contribution in [1.82, 2.24) is 9.63 Å². The third-order valence-corrected chi connectivity index (χ3v) is 4.56. The second-order valence-electron chi connectivity index (χ2n) is 5.91. The van der Waals surface area contributed by atoms with Crippen LogP contribution in [0, 0.1) is 0 Å². The molecule has 3 aromatic rings. The Hall–Kier alpha value is -2.83. The second-order valence-corrected chi connectivity index (χ2v) is 6.34. The summed E-state index contributed by atoms with van der Waals surface area (Å²) in [5.41, 5.74) is 1.47. The first-order valence-corrected chi connectivity index (χ1v) is 8.40. The van der Waals surface area contributed by atoms with Crippen molar-refractivity contribution in [2.24, 2.45) is 0 Å². The average Bonchev–Trinajstić information content (AvgIpc) is 3.11. The number of halogens is 1. The highest BCUT2D eigenvalue weighted by atomic mass is 35.5. The van der Waals surface area contributed by atoms with E-state index in [2.05, 4.69) is 0 Å². The smallest absolute Gasteiger partial charge is 0.353 e. The molecule has 0 saturated carbocycles. The Kier molecular flexibility index (Phi) is 4.14. The number of rotatable bonds is 4. The van der Waals surface area contributed by atoms with Crippen molar-refractivity contribution >= 4 is 34.5 Å². The molecule has 1 aliphatic heterocycles. The van der Waals surface area contributed by atoms with Crippen LogP contribution in [0.5, 0.6) is 5.75 Å². The van der Waals surface area contributed by atoms with E-state index in [0.29, 0.717) is 16.5 Å². The number of carbonyl (C=O) groups is 2. The molecule has 0 fully saturated rings. The van der Waals surface area contributed by atoms with Crippen LogP contribution in [0.3, 0.4) is 0 Å². The maximum Gasteiger partial charge on any atom is 0.353 e. The van der Waals surface area contributed by atoms with E-state index in [-0.39, 0.29) is 12.5 Å². The molecular formula is C19H15ClN2O4. The zero-order valence-corrected chi connectivity index (χ0v) is 14.6. The fourth-order valence-electron chi connectivity index (χ4n) is 3.24. The molecule has 2 heterocycles. The monoisotopic (exact) mass is 370 g/mol. The normalized spacial score (nSPS) is 16.2. The number of amides is 1. The Bertz CT molecular complexity index is 1010. The minimum atomic E-state index is -0.563. The molecule has 0 bridgehead atoms. The van der Waals surface area contributed by atoms with Crippen molar-refractivity contribution < 1.29 is 19.2 Å². The maximum absolute atomic E-state index is 12.7. The van der Waals surface area contributed by atoms with Crippen LogP contribution in [-0.4, -0.2) is 28.7 Å². The molecular weight excluding hydrogens is 356 g/mol. The number of hydrogen-bond acceptors (Lipinski definition) is 4. The minimum absolute atomic E-state index is 0.0393. The number of hydroxylamine groups is 2. The molecule has 0 N–H and O–H groups in total. The highest BCUT2D eigenvalue weighted by Gasteiger charge is 2.40. The van der Waals surface area contributed by atoms with Gasteiger partial charge in [-0.1, -0.05) is 35.9 Å². The third kappa shape index (κ3) is 2.73. The number of nitrogens with zero attached hydrogens (tertiary/aromatic N) is 2. The summed E-state index contributed by atoms with van der Waals surface area (Å²) in [7, 11) is 1.40. The third-order valence-electron chi connectivity index (χ3n) is 4.33. The van der Waals surface area contributed by atoms with Crippen LogP contribution >= 0.6 is 11.6 Å². The van der Waals surface area contributed by atoms with E-state index in [4.69, 9.17) is 21.2 Å². The number of benzene rings is 2. The zero-order chi connectivity index (χ0) is 18.3. The van der Waals surface area contributed by atoms with Gasteiger partial charge in [0.15, 0.2) is 0 Å². The number of esters is 1. The topological polar surface area (TPSA) is 60.8 Å². The Morgan fingerprint density at radius 3 is 2.73 bits per heavy atom. The molecule has 1 amide bonds. The summed E-state index contributed by atoms with van der Waals surface area (Å²) in [5, 5.41) is 2.60. The number of fused-ring (bicyclic) bond motifs is 3. The zero-order valence-electron chi connectivity index (χ0n) is 13.9. The van der Waals surface area contributed by atoms with Crippen molar-refractivity contribution in [1.29, 1.82) is 0 Å². The Morgan fingerprint density at radius 2 is 1.96 bits per heavy atom. The van der Waals surface area contributed by atoms with Gasteiger partial charge in [0, 0.05) is 10.4 Å². The number of ether oxygens (including phenoxy) is 1. The lowest BCUT2D eigenvalue weighted by atomic mass is 10.1. The van der Waals surface area contributed by atoms with E-state index in [1.165, 1.54) is 12.2 Å². The highest BCUT2D eigenvalue weighted by Crippen LogP contribution is 2.37. The van der Waals surface area contributed by atoms with Gasteiger partial charge < -0.3 is 4.74 Å². The van der Waals surface area contributed by atoms with E-state index in [0.717, 1.165) is 10.9 Å². The Morgan fingerprint density at radius 1 is 1.15 bits per heavy atom. The molecule has 1 aliphatic rings. The highest BCUT2D eigenvalue weighted by molar-refractivity contribution is 6.30. The van der Waals surface area contributed by atoms with Crippen LogP contribution in [0.15, 0.2) is 54.6 Å². The van der Waals surface area contributed by atoms with Crippen LogP contribution in [0.25, 0.3) is 10.9 Å². The quantitative estimate of drug-likeness (QED) is 0.510. The second kappa shape index (κ2) is 6.48. The summed E-state index contributed by atoms with van der Waals surface area (Å²) in [4.78, 5) is 30.3. The fraction of sp³-hybridized carbons (Fsp3) is 0.158. The number of para-hydroxylation sites is 1. The van der Waals surface area contributed by atoms with Crippen LogP contribution in [0.4, 0.5) is 4.79 Å². The maximum atomic E-state index is 12.7. The standard InChI is InChI=1S/C19H15ClN2O4/c1-25-22-17(11-18(23)26-14-7-4-6-13(20)10-14)16-9-12-5-2-3-8-15(12)21(16)19(22)24/h2-10,17H,11H2,1H3. The summed E-state index contributed by atoms with van der Waals surface area (Å²) in [6.45, 7) is 0. The first-order chi connectivity index (χ1) is 12.6. The van der Waals surface area contributed by atoms with Crippen molar-refractivity contribution in [2.75, 3.05) is 7.11 Å². The molecule has 0 radical (unpaired) electrons. The van der Waals surface area contributed by atoms with Gasteiger partial charge in [-0.15, -0.1) is 0 Å². The van der Waals surface area contributed by atoms with E-state index >= 15 is 0 Å². The van der Waals surface area contributed by atoms with Gasteiger partial charge in [0.2, 0.25) is 0 Å². The lowest BCUT2D eigenvalue weighted by Crippen LogP contribution is -2.30. The van der Waals surface area contributed by atoms with E-state index < -0.39 is 12.0 Å². The molecule has 6 nitrogen and oxygen atoms in total. The van der Waals surface area contributed by atoms with Crippen molar-refractivity contribution in [3.05, 3.63) is 65.3 Å². The van der Waals surface area contributed by atoms with Gasteiger partial charge in [-0.25, -0.2) is 4.79 Å². The molecule has 0 aliphatic carbocycles. The van der Waals surface area contributed by atoms with Crippen LogP contribution < -0.4 is 4.74 Å². The largest absolute Gasteiger partial charge is 0.426 e. The van der Waals surface area contributed by atoms with Crippen LogP contribution in [0.2, 0.25) is 5.02 Å². The molecule has 4 rings (SSSR count). The Labute approximate surface area is 154 Å². The summed E-state index contributed by atoms with van der Waals surface area (Å²) in [6.07, 6.45) is -0.0393. The van der Waals surface area contributed by atoms with Gasteiger partial charge in [-0.05, 0) is 30.3 Å². The van der Waals surface area contributed by atoms with E-state index in [9.17, 15) is 9.59 Å². The molecule has 1 atom stereocenters. The fourth-order valence-corrected chi connectivity index (χ4v) is 3.42. The Balaban J connectivity index is 1.63. The first kappa shape index (κ1) is 16.6. The van der Waals surface area contributed by atoms with Gasteiger partial charge in [-0.2, -0.15) is 5.06 Å². The SMILES string of the molecule is CON1C(=O)n2c(cc3ccccc32)C1CC(=O)Oc1cccc(Cl)c1. The summed E-state index contributed by atoms with van der Waals surface area (Å²) < 4.78 is 6.91. The van der Waals surface area contributed by atoms with Crippen LogP contribution in [0.1, 0.15) is 18.2 Å². The average molecular weight is 371 g/mol. The van der Waals surface area contributed by atoms with Crippen molar-refractivity contribution in [3.63, 3.8) is 0 Å². The van der Waals surface area contributed by atoms with Gasteiger partial charge in [0.05, 0.1) is 24.7 Å². The summed E-state index contributed by atoms with van der Waals surface area (Å²) >= 11 is 5.91. The summed E-state index contributed by atoms with van der Waals surface area (Å²) in [6, 6.07) is 15.1. The van der Waals surface area contributed by atoms with Crippen molar-refractivity contribution in [3.8, 4) is 5.75 Å². The number of hydrogen-bond donors (Lipinski definition) is 0. The predicted octanol–water partition coefficient (Wildman–Crippen LogP) is 4.18. The van der Waals surface area contributed by atoms with Gasteiger partial charge in [-0.3, -0.25) is 14.2 Å². The minimum Gasteiger partial charge on any atom is -0.426 e. The number of carbonyl (C=O) groups excluding carboxylic acids is 2. The lowest BCUT2D eigenvalue weighted by molar-refractivity contribution is -0.143. The number of aromatic nitrogens is 1. The molecule has 2 aromatic carbocycles. The van der Waals surface area contributed by atoms with Gasteiger partial charge in [0.25, 0.3) is 0 Å². The van der Waals surface area contributed by atoms with Gasteiger partial charge >= 0.3 is 12.0 Å². The first-order valence-electron chi connectivity index (χ1n) is 8.03. The van der Waals surface area contributed by atoms with E-state index in [1.807, 2.05) is 30.3 Å². The molecule has 0 saturated heterocycles. The lowest BCUT2D eigenvalue weighted by Gasteiger charge is -2.20. The molecule has 1 unspecified atom stereocenters. The summed E-state index contributed by atoms with van der Waals surface area (Å²) in [5.74, 6) is -0.123. The van der Waals surface area contributed by atoms with Crippen LogP contribution in [-0.2, 0) is 9.63 Å². The van der Waals surface area contributed by atoms with Gasteiger partial charge in [0.1, 0.15) is 11.8 Å². The molecule has 7 heteroatoms.